The number of hydrogen-bond acceptors (Lipinski definition) is 3. The van der Waals surface area contributed by atoms with E-state index in [0.717, 1.165) is 10.0 Å². The summed E-state index contributed by atoms with van der Waals surface area (Å²) in [5.41, 5.74) is 7.10. The van der Waals surface area contributed by atoms with Crippen LogP contribution in [0.1, 0.15) is 11.7 Å². The molecule has 0 radical (unpaired) electrons. The number of nitrogens with zero attached hydrogens (tertiary/aromatic N) is 2. The molecule has 0 saturated heterocycles. The van der Waals surface area contributed by atoms with Crippen LogP contribution in [0.2, 0.25) is 0 Å². The van der Waals surface area contributed by atoms with E-state index in [1.54, 1.807) is 23.0 Å². The summed E-state index contributed by atoms with van der Waals surface area (Å²) >= 11 is 3.30. The maximum absolute atomic E-state index is 9.98. The molecule has 1 aromatic heterocycles. The molecule has 4 nitrogen and oxygen atoms in total. The van der Waals surface area contributed by atoms with Crippen LogP contribution in [0.3, 0.4) is 0 Å². The van der Waals surface area contributed by atoms with Gasteiger partial charge in [-0.25, -0.2) is 0 Å². The van der Waals surface area contributed by atoms with Crippen LogP contribution in [0.25, 0.3) is 0 Å². The molecule has 1 atom stereocenters. The highest BCUT2D eigenvalue weighted by atomic mass is 79.9. The van der Waals surface area contributed by atoms with Crippen LogP contribution in [-0.4, -0.2) is 14.9 Å². The normalized spacial score (nSPS) is 12.6. The molecule has 1 aromatic carbocycles. The van der Waals surface area contributed by atoms with Gasteiger partial charge in [-0.05, 0) is 33.6 Å². The number of nitrogen functional groups attached to an aromatic ring is 1. The van der Waals surface area contributed by atoms with Gasteiger partial charge >= 0.3 is 0 Å². The molecule has 0 aliphatic rings. The molecule has 2 rings (SSSR count). The Labute approximate surface area is 102 Å². The van der Waals surface area contributed by atoms with E-state index >= 15 is 0 Å². The van der Waals surface area contributed by atoms with Gasteiger partial charge in [-0.2, -0.15) is 5.10 Å². The van der Waals surface area contributed by atoms with Crippen LogP contribution in [0.5, 0.6) is 0 Å². The number of halogens is 1. The number of nitrogens with two attached hydrogens (primary N) is 1. The summed E-state index contributed by atoms with van der Waals surface area (Å²) in [6, 6.07) is 7.23. The van der Waals surface area contributed by atoms with Crippen molar-refractivity contribution < 1.29 is 5.11 Å². The molecule has 84 valence electrons. The third kappa shape index (κ3) is 2.62. The van der Waals surface area contributed by atoms with Crippen molar-refractivity contribution in [2.24, 2.45) is 0 Å². The van der Waals surface area contributed by atoms with Crippen LogP contribution < -0.4 is 5.73 Å². The average molecular weight is 282 g/mol. The second kappa shape index (κ2) is 4.67. The molecule has 3 N–H and O–H groups in total. The van der Waals surface area contributed by atoms with Gasteiger partial charge in [-0.15, -0.1) is 0 Å². The minimum atomic E-state index is -0.602. The number of aliphatic hydroxyl groups is 1. The van der Waals surface area contributed by atoms with Crippen molar-refractivity contribution >= 4 is 21.6 Å². The summed E-state index contributed by atoms with van der Waals surface area (Å²) < 4.78 is 2.57. The number of anilines is 1. The molecule has 1 heterocycles. The Morgan fingerprint density at radius 2 is 2.31 bits per heavy atom. The summed E-state index contributed by atoms with van der Waals surface area (Å²) in [5.74, 6) is 0. The first-order chi connectivity index (χ1) is 7.65. The van der Waals surface area contributed by atoms with Gasteiger partial charge in [0.1, 0.15) is 0 Å². The zero-order chi connectivity index (χ0) is 11.5. The molecule has 0 aliphatic heterocycles. The summed E-state index contributed by atoms with van der Waals surface area (Å²) in [6.45, 7) is 0.412. The van der Waals surface area contributed by atoms with E-state index in [1.807, 2.05) is 18.3 Å². The Balaban J connectivity index is 2.11. The molecule has 0 saturated carbocycles. The van der Waals surface area contributed by atoms with Gasteiger partial charge in [-0.3, -0.25) is 4.68 Å². The fraction of sp³-hybridized carbons (Fsp3) is 0.182. The molecular formula is C11H12BrN3O. The van der Waals surface area contributed by atoms with Crippen molar-refractivity contribution in [1.29, 1.82) is 0 Å². The maximum Gasteiger partial charge on any atom is 0.0986 e. The first-order valence-electron chi connectivity index (χ1n) is 4.86. The van der Waals surface area contributed by atoms with Crippen LogP contribution in [0.15, 0.2) is 41.1 Å². The Morgan fingerprint density at radius 3 is 2.94 bits per heavy atom. The van der Waals surface area contributed by atoms with Crippen LogP contribution >= 0.6 is 15.9 Å². The summed E-state index contributed by atoms with van der Waals surface area (Å²) in [5, 5.41) is 14.1. The van der Waals surface area contributed by atoms with Crippen molar-refractivity contribution in [2.75, 3.05) is 5.73 Å². The van der Waals surface area contributed by atoms with Crippen LogP contribution in [-0.2, 0) is 6.54 Å². The van der Waals surface area contributed by atoms with E-state index in [4.69, 9.17) is 5.73 Å². The van der Waals surface area contributed by atoms with Crippen molar-refractivity contribution in [1.82, 2.24) is 9.78 Å². The van der Waals surface area contributed by atoms with E-state index < -0.39 is 6.10 Å². The third-order valence-corrected chi connectivity index (χ3v) is 2.67. The SMILES string of the molecule is Nc1cccc(C(O)Cn2cc(Br)cn2)c1. The lowest BCUT2D eigenvalue weighted by Gasteiger charge is -2.11. The highest BCUT2D eigenvalue weighted by Gasteiger charge is 2.09. The Bertz CT molecular complexity index is 484. The van der Waals surface area contributed by atoms with Crippen LogP contribution in [0, 0.1) is 0 Å². The number of aromatic nitrogens is 2. The topological polar surface area (TPSA) is 64.1 Å². The van der Waals surface area contributed by atoms with Gasteiger partial charge < -0.3 is 10.8 Å². The first kappa shape index (κ1) is 11.2. The van der Waals surface area contributed by atoms with E-state index in [0.29, 0.717) is 12.2 Å². The number of rotatable bonds is 3. The zero-order valence-electron chi connectivity index (χ0n) is 8.55. The van der Waals surface area contributed by atoms with E-state index in [-0.39, 0.29) is 0 Å². The van der Waals surface area contributed by atoms with Gasteiger partial charge in [0, 0.05) is 11.9 Å². The van der Waals surface area contributed by atoms with E-state index in [1.165, 1.54) is 0 Å². The Morgan fingerprint density at radius 1 is 1.50 bits per heavy atom. The number of hydrogen-bond donors (Lipinski definition) is 2. The monoisotopic (exact) mass is 281 g/mol. The zero-order valence-corrected chi connectivity index (χ0v) is 10.1. The molecular weight excluding hydrogens is 270 g/mol. The van der Waals surface area contributed by atoms with Crippen molar-refractivity contribution in [3.05, 3.63) is 46.7 Å². The van der Waals surface area contributed by atoms with Crippen LogP contribution in [0.4, 0.5) is 5.69 Å². The Kier molecular flexibility index (Phi) is 3.26. The molecule has 16 heavy (non-hydrogen) atoms. The fourth-order valence-corrected chi connectivity index (χ4v) is 1.81. The molecule has 0 bridgehead atoms. The van der Waals surface area contributed by atoms with Crippen molar-refractivity contribution in [3.8, 4) is 0 Å². The predicted octanol–water partition coefficient (Wildman–Crippen LogP) is 1.96. The average Bonchev–Trinajstić information content (AvgIpc) is 2.64. The molecule has 0 fully saturated rings. The lowest BCUT2D eigenvalue weighted by atomic mass is 10.1. The minimum absolute atomic E-state index is 0.412. The second-order valence-corrected chi connectivity index (χ2v) is 4.48. The minimum Gasteiger partial charge on any atom is -0.399 e. The highest BCUT2D eigenvalue weighted by Crippen LogP contribution is 2.18. The predicted molar refractivity (Wildman–Crippen MR) is 65.7 cm³/mol. The van der Waals surface area contributed by atoms with Gasteiger partial charge in [0.15, 0.2) is 0 Å². The molecule has 2 aromatic rings. The first-order valence-corrected chi connectivity index (χ1v) is 5.66. The van der Waals surface area contributed by atoms with Gasteiger partial charge in [-0.1, -0.05) is 12.1 Å². The maximum atomic E-state index is 9.98. The largest absolute Gasteiger partial charge is 0.399 e. The fourth-order valence-electron chi connectivity index (χ4n) is 1.49. The van der Waals surface area contributed by atoms with E-state index in [2.05, 4.69) is 21.0 Å². The third-order valence-electron chi connectivity index (χ3n) is 2.26. The molecule has 0 spiro atoms. The van der Waals surface area contributed by atoms with Gasteiger partial charge in [0.2, 0.25) is 0 Å². The standard InChI is InChI=1S/C11H12BrN3O/c12-9-5-14-15(6-9)7-11(16)8-2-1-3-10(13)4-8/h1-6,11,16H,7,13H2. The lowest BCUT2D eigenvalue weighted by molar-refractivity contribution is 0.151. The summed E-state index contributed by atoms with van der Waals surface area (Å²) in [6.07, 6.45) is 2.90. The molecule has 5 heteroatoms. The van der Waals surface area contributed by atoms with E-state index in [9.17, 15) is 5.11 Å². The van der Waals surface area contributed by atoms with Gasteiger partial charge in [0.25, 0.3) is 0 Å². The second-order valence-electron chi connectivity index (χ2n) is 3.57. The van der Waals surface area contributed by atoms with Gasteiger partial charge in [0.05, 0.1) is 23.3 Å². The molecule has 1 unspecified atom stereocenters. The number of aliphatic hydroxyl groups excluding tert-OH is 1. The summed E-state index contributed by atoms with van der Waals surface area (Å²) in [4.78, 5) is 0. The Hall–Kier alpha value is -1.33. The highest BCUT2D eigenvalue weighted by molar-refractivity contribution is 9.10. The molecule has 0 amide bonds. The summed E-state index contributed by atoms with van der Waals surface area (Å²) in [7, 11) is 0. The molecule has 0 aliphatic carbocycles. The quantitative estimate of drug-likeness (QED) is 0.846. The van der Waals surface area contributed by atoms with Crippen molar-refractivity contribution in [3.63, 3.8) is 0 Å². The lowest BCUT2D eigenvalue weighted by Crippen LogP contribution is -2.09. The smallest absolute Gasteiger partial charge is 0.0986 e. The van der Waals surface area contributed by atoms with Crippen molar-refractivity contribution in [2.45, 2.75) is 12.6 Å². The number of benzene rings is 1.